The predicted octanol–water partition coefficient (Wildman–Crippen LogP) is 5.77. The molecule has 142 valence electrons. The first kappa shape index (κ1) is 20.2. The molecule has 1 aromatic rings. The van der Waals surface area contributed by atoms with E-state index < -0.39 is 5.97 Å². The molecule has 4 nitrogen and oxygen atoms in total. The second kappa shape index (κ2) is 12.3. The van der Waals surface area contributed by atoms with E-state index in [1.54, 1.807) is 0 Å². The SMILES string of the molecule is CCCCCCCCCCCCOC=C1C(=O)ON=C1c1ccccc1. The van der Waals surface area contributed by atoms with Gasteiger partial charge >= 0.3 is 5.97 Å². The van der Waals surface area contributed by atoms with Gasteiger partial charge in [0.2, 0.25) is 0 Å². The molecule has 4 heteroatoms. The maximum Gasteiger partial charge on any atom is 0.371 e. The Hall–Kier alpha value is -2.10. The van der Waals surface area contributed by atoms with Crippen LogP contribution in [-0.2, 0) is 14.4 Å². The van der Waals surface area contributed by atoms with Crippen molar-refractivity contribution in [1.29, 1.82) is 0 Å². The number of carbonyl (C=O) groups is 1. The van der Waals surface area contributed by atoms with Gasteiger partial charge in [-0.05, 0) is 6.42 Å². The molecule has 0 N–H and O–H groups in total. The molecule has 26 heavy (non-hydrogen) atoms. The summed E-state index contributed by atoms with van der Waals surface area (Å²) in [5.74, 6) is -0.452. The molecule has 0 fully saturated rings. The third-order valence-corrected chi connectivity index (χ3v) is 4.56. The van der Waals surface area contributed by atoms with E-state index in [1.807, 2.05) is 30.3 Å². The number of nitrogens with zero attached hydrogens (tertiary/aromatic N) is 1. The van der Waals surface area contributed by atoms with Crippen molar-refractivity contribution in [2.75, 3.05) is 6.61 Å². The number of unbranched alkanes of at least 4 members (excludes halogenated alkanes) is 9. The standard InChI is InChI=1S/C22H31NO3/c1-2-3-4-5-6-7-8-9-10-14-17-25-18-20-21(23-26-22(20)24)19-15-12-11-13-16-19/h11-13,15-16,18H,2-10,14,17H2,1H3. The number of carbonyl (C=O) groups excluding carboxylic acids is 1. The van der Waals surface area contributed by atoms with Gasteiger partial charge in [-0.25, -0.2) is 4.79 Å². The van der Waals surface area contributed by atoms with Crippen molar-refractivity contribution < 1.29 is 14.4 Å². The van der Waals surface area contributed by atoms with Crippen LogP contribution in [0.3, 0.4) is 0 Å². The molecule has 1 aliphatic heterocycles. The fourth-order valence-electron chi connectivity index (χ4n) is 3.01. The van der Waals surface area contributed by atoms with Crippen LogP contribution < -0.4 is 0 Å². The summed E-state index contributed by atoms with van der Waals surface area (Å²) in [6, 6.07) is 9.53. The van der Waals surface area contributed by atoms with Gasteiger partial charge in [-0.1, -0.05) is 100 Å². The summed E-state index contributed by atoms with van der Waals surface area (Å²) in [6.07, 6.45) is 14.4. The van der Waals surface area contributed by atoms with Crippen LogP contribution in [-0.4, -0.2) is 18.3 Å². The summed E-state index contributed by atoms with van der Waals surface area (Å²) >= 11 is 0. The fraction of sp³-hybridized carbons (Fsp3) is 0.545. The van der Waals surface area contributed by atoms with Crippen molar-refractivity contribution in [3.8, 4) is 0 Å². The van der Waals surface area contributed by atoms with Crippen LogP contribution in [0.4, 0.5) is 0 Å². The highest BCUT2D eigenvalue weighted by molar-refractivity contribution is 6.28. The molecule has 1 aliphatic rings. The van der Waals surface area contributed by atoms with Crippen LogP contribution in [0.15, 0.2) is 47.3 Å². The smallest absolute Gasteiger partial charge is 0.371 e. The van der Waals surface area contributed by atoms with Crippen molar-refractivity contribution in [3.05, 3.63) is 47.7 Å². The number of ether oxygens (including phenoxy) is 1. The second-order valence-corrected chi connectivity index (χ2v) is 6.77. The topological polar surface area (TPSA) is 47.9 Å². The molecule has 1 aromatic carbocycles. The van der Waals surface area contributed by atoms with Crippen LogP contribution in [0.1, 0.15) is 76.7 Å². The molecule has 0 amide bonds. The summed E-state index contributed by atoms with van der Waals surface area (Å²) < 4.78 is 5.57. The van der Waals surface area contributed by atoms with Crippen LogP contribution in [0.25, 0.3) is 0 Å². The average Bonchev–Trinajstić information content (AvgIpc) is 3.04. The molecule has 0 unspecified atom stereocenters. The summed E-state index contributed by atoms with van der Waals surface area (Å²) in [4.78, 5) is 16.6. The molecular formula is C22H31NO3. The highest BCUT2D eigenvalue weighted by Crippen LogP contribution is 2.18. The first-order valence-electron chi connectivity index (χ1n) is 10.00. The zero-order valence-corrected chi connectivity index (χ0v) is 15.9. The van der Waals surface area contributed by atoms with Crippen LogP contribution in [0.5, 0.6) is 0 Å². The van der Waals surface area contributed by atoms with Crippen molar-refractivity contribution in [2.24, 2.45) is 5.16 Å². The zero-order chi connectivity index (χ0) is 18.5. The lowest BCUT2D eigenvalue weighted by molar-refractivity contribution is -0.137. The number of benzene rings is 1. The first-order valence-corrected chi connectivity index (χ1v) is 10.00. The molecule has 0 aromatic heterocycles. The van der Waals surface area contributed by atoms with E-state index in [0.717, 1.165) is 12.0 Å². The lowest BCUT2D eigenvalue weighted by Crippen LogP contribution is -2.07. The van der Waals surface area contributed by atoms with Gasteiger partial charge in [0.05, 0.1) is 12.9 Å². The van der Waals surface area contributed by atoms with Gasteiger partial charge in [-0.2, -0.15) is 0 Å². The number of rotatable bonds is 13. The van der Waals surface area contributed by atoms with Crippen molar-refractivity contribution in [2.45, 2.75) is 71.1 Å². The Morgan fingerprint density at radius 3 is 2.19 bits per heavy atom. The largest absolute Gasteiger partial charge is 0.500 e. The van der Waals surface area contributed by atoms with Gasteiger partial charge in [-0.3, -0.25) is 0 Å². The van der Waals surface area contributed by atoms with Crippen molar-refractivity contribution >= 4 is 11.7 Å². The van der Waals surface area contributed by atoms with Crippen LogP contribution >= 0.6 is 0 Å². The average molecular weight is 357 g/mol. The summed E-state index contributed by atoms with van der Waals surface area (Å²) in [5, 5.41) is 3.86. The van der Waals surface area contributed by atoms with Gasteiger partial charge in [0, 0.05) is 5.56 Å². The van der Waals surface area contributed by atoms with E-state index in [1.165, 1.54) is 64.0 Å². The Kier molecular flexibility index (Phi) is 9.55. The monoisotopic (exact) mass is 357 g/mol. The van der Waals surface area contributed by atoms with Gasteiger partial charge in [-0.15, -0.1) is 0 Å². The zero-order valence-electron chi connectivity index (χ0n) is 15.9. The van der Waals surface area contributed by atoms with E-state index >= 15 is 0 Å². The summed E-state index contributed by atoms with van der Waals surface area (Å²) in [7, 11) is 0. The number of hydrogen-bond acceptors (Lipinski definition) is 4. The maximum absolute atomic E-state index is 11.8. The molecule has 0 aliphatic carbocycles. The van der Waals surface area contributed by atoms with Crippen LogP contribution in [0, 0.1) is 0 Å². The molecule has 0 bridgehead atoms. The minimum atomic E-state index is -0.452. The molecular weight excluding hydrogens is 326 g/mol. The Morgan fingerprint density at radius 2 is 1.54 bits per heavy atom. The summed E-state index contributed by atoms with van der Waals surface area (Å²) in [6.45, 7) is 2.87. The fourth-order valence-corrected chi connectivity index (χ4v) is 3.01. The molecule has 2 rings (SSSR count). The van der Waals surface area contributed by atoms with E-state index in [2.05, 4.69) is 12.1 Å². The van der Waals surface area contributed by atoms with Gasteiger partial charge in [0.15, 0.2) is 0 Å². The van der Waals surface area contributed by atoms with Gasteiger partial charge < -0.3 is 9.57 Å². The minimum absolute atomic E-state index is 0.392. The lowest BCUT2D eigenvalue weighted by atomic mass is 10.0. The predicted molar refractivity (Wildman–Crippen MR) is 105 cm³/mol. The molecule has 0 spiro atoms. The Labute approximate surface area is 157 Å². The molecule has 0 atom stereocenters. The van der Waals surface area contributed by atoms with Crippen LogP contribution in [0.2, 0.25) is 0 Å². The molecule has 0 radical (unpaired) electrons. The Morgan fingerprint density at radius 1 is 0.923 bits per heavy atom. The molecule has 0 saturated heterocycles. The van der Waals surface area contributed by atoms with E-state index in [0.29, 0.717) is 17.9 Å². The van der Waals surface area contributed by atoms with Crippen molar-refractivity contribution in [1.82, 2.24) is 0 Å². The molecule has 0 saturated carbocycles. The highest BCUT2D eigenvalue weighted by Gasteiger charge is 2.27. The maximum atomic E-state index is 11.8. The van der Waals surface area contributed by atoms with E-state index in [4.69, 9.17) is 9.57 Å². The number of oxime groups is 1. The van der Waals surface area contributed by atoms with Gasteiger partial charge in [0.1, 0.15) is 11.3 Å². The van der Waals surface area contributed by atoms with E-state index in [9.17, 15) is 4.79 Å². The van der Waals surface area contributed by atoms with Gasteiger partial charge in [0.25, 0.3) is 0 Å². The van der Waals surface area contributed by atoms with Crippen molar-refractivity contribution in [3.63, 3.8) is 0 Å². The first-order chi connectivity index (χ1) is 12.8. The Bertz CT molecular complexity index is 593. The molecule has 1 heterocycles. The Balaban J connectivity index is 1.58. The van der Waals surface area contributed by atoms with E-state index in [-0.39, 0.29) is 0 Å². The second-order valence-electron chi connectivity index (χ2n) is 6.77. The minimum Gasteiger partial charge on any atom is -0.500 e. The highest BCUT2D eigenvalue weighted by atomic mass is 16.7. The third-order valence-electron chi connectivity index (χ3n) is 4.56. The summed E-state index contributed by atoms with van der Waals surface area (Å²) in [5.41, 5.74) is 1.79. The lowest BCUT2D eigenvalue weighted by Gasteiger charge is -2.04. The quantitative estimate of drug-likeness (QED) is 0.195. The third kappa shape index (κ3) is 7.03. The normalized spacial score (nSPS) is 15.2. The number of hydrogen-bond donors (Lipinski definition) is 0.